The zero-order valence-corrected chi connectivity index (χ0v) is 13.6. The zero-order chi connectivity index (χ0) is 18.6. The summed E-state index contributed by atoms with van der Waals surface area (Å²) in [5, 5.41) is 14.2. The van der Waals surface area contributed by atoms with E-state index in [1.807, 2.05) is 0 Å². The Morgan fingerprint density at radius 1 is 1.28 bits per heavy atom. The summed E-state index contributed by atoms with van der Waals surface area (Å²) in [7, 11) is 1.14. The number of nitro groups is 1. The van der Waals surface area contributed by atoms with Gasteiger partial charge in [-0.05, 0) is 24.6 Å². The van der Waals surface area contributed by atoms with Crippen molar-refractivity contribution in [2.75, 3.05) is 12.4 Å². The van der Waals surface area contributed by atoms with Crippen LogP contribution in [0.4, 0.5) is 20.2 Å². The number of alkyl halides is 2. The highest BCUT2D eigenvalue weighted by molar-refractivity contribution is 5.95. The molecule has 0 bridgehead atoms. The van der Waals surface area contributed by atoms with Gasteiger partial charge in [0.1, 0.15) is 5.56 Å². The Hall–Kier alpha value is -3.03. The van der Waals surface area contributed by atoms with Gasteiger partial charge in [-0.2, -0.15) is 0 Å². The number of aryl methyl sites for hydroxylation is 1. The van der Waals surface area contributed by atoms with Crippen LogP contribution in [0.5, 0.6) is 0 Å². The molecular weight excluding hydrogens is 334 g/mol. The predicted molar refractivity (Wildman–Crippen MR) is 87.9 cm³/mol. The molecule has 0 atom stereocenters. The van der Waals surface area contributed by atoms with Gasteiger partial charge < -0.3 is 10.1 Å². The molecule has 0 saturated carbocycles. The molecule has 0 aliphatic carbocycles. The molecule has 6 nitrogen and oxygen atoms in total. The summed E-state index contributed by atoms with van der Waals surface area (Å²) >= 11 is 0. The molecule has 2 rings (SSSR count). The first kappa shape index (κ1) is 18.3. The van der Waals surface area contributed by atoms with Crippen molar-refractivity contribution in [2.24, 2.45) is 0 Å². The Kier molecular flexibility index (Phi) is 5.63. The van der Waals surface area contributed by atoms with Crippen molar-refractivity contribution >= 4 is 17.3 Å². The fourth-order valence-electron chi connectivity index (χ4n) is 2.37. The van der Waals surface area contributed by atoms with Crippen molar-refractivity contribution in [1.29, 1.82) is 0 Å². The normalized spacial score (nSPS) is 10.6. The average Bonchev–Trinajstić information content (AvgIpc) is 2.58. The highest BCUT2D eigenvalue weighted by Gasteiger charge is 2.24. The smallest absolute Gasteiger partial charge is 0.344 e. The second-order valence-electron chi connectivity index (χ2n) is 5.33. The number of carbonyl (C=O) groups is 1. The minimum Gasteiger partial charge on any atom is -0.465 e. The number of methoxy groups -OCH3 is 1. The average molecular weight is 350 g/mol. The Labute approximate surface area is 142 Å². The quantitative estimate of drug-likeness (QED) is 0.479. The molecule has 0 fully saturated rings. The van der Waals surface area contributed by atoms with Crippen molar-refractivity contribution < 1.29 is 23.2 Å². The van der Waals surface area contributed by atoms with Gasteiger partial charge in [-0.3, -0.25) is 10.1 Å². The number of rotatable bonds is 6. The SMILES string of the molecule is COC(=O)c1cc(NCc2ccc(C(F)F)cc2)cc(C)c1[N+](=O)[O-]. The van der Waals surface area contributed by atoms with Crippen molar-refractivity contribution in [3.8, 4) is 0 Å². The molecule has 0 unspecified atom stereocenters. The molecule has 0 aliphatic rings. The lowest BCUT2D eigenvalue weighted by molar-refractivity contribution is -0.385. The summed E-state index contributed by atoms with van der Waals surface area (Å²) in [6.45, 7) is 1.83. The molecule has 1 N–H and O–H groups in total. The van der Waals surface area contributed by atoms with E-state index in [-0.39, 0.29) is 16.8 Å². The van der Waals surface area contributed by atoms with Crippen LogP contribution in [0.15, 0.2) is 36.4 Å². The van der Waals surface area contributed by atoms with Crippen LogP contribution in [0.3, 0.4) is 0 Å². The Morgan fingerprint density at radius 2 is 1.92 bits per heavy atom. The van der Waals surface area contributed by atoms with Crippen LogP contribution in [0, 0.1) is 17.0 Å². The molecule has 2 aromatic rings. The van der Waals surface area contributed by atoms with E-state index in [0.29, 0.717) is 17.8 Å². The molecule has 0 radical (unpaired) electrons. The third-order valence-electron chi connectivity index (χ3n) is 3.62. The van der Waals surface area contributed by atoms with Crippen molar-refractivity contribution in [3.05, 3.63) is 68.8 Å². The monoisotopic (exact) mass is 350 g/mol. The number of nitrogens with one attached hydrogen (secondary N) is 1. The van der Waals surface area contributed by atoms with E-state index in [1.165, 1.54) is 31.2 Å². The Balaban J connectivity index is 2.23. The first-order valence-corrected chi connectivity index (χ1v) is 7.31. The van der Waals surface area contributed by atoms with Gasteiger partial charge in [-0.15, -0.1) is 0 Å². The second kappa shape index (κ2) is 7.69. The van der Waals surface area contributed by atoms with E-state index in [9.17, 15) is 23.7 Å². The molecule has 25 heavy (non-hydrogen) atoms. The summed E-state index contributed by atoms with van der Waals surface area (Å²) in [5.74, 6) is -0.806. The number of hydrogen-bond acceptors (Lipinski definition) is 5. The number of esters is 1. The van der Waals surface area contributed by atoms with Gasteiger partial charge >= 0.3 is 5.97 Å². The van der Waals surface area contributed by atoms with Crippen LogP contribution in [0.2, 0.25) is 0 Å². The number of nitro benzene ring substituents is 1. The van der Waals surface area contributed by atoms with Crippen LogP contribution in [0.1, 0.15) is 33.5 Å². The summed E-state index contributed by atoms with van der Waals surface area (Å²) in [6, 6.07) is 8.68. The first-order chi connectivity index (χ1) is 11.8. The number of hydrogen-bond donors (Lipinski definition) is 1. The predicted octanol–water partition coefficient (Wildman–Crippen LogP) is 4.24. The van der Waals surface area contributed by atoms with Crippen LogP contribution >= 0.6 is 0 Å². The van der Waals surface area contributed by atoms with E-state index in [2.05, 4.69) is 10.1 Å². The van der Waals surface area contributed by atoms with E-state index in [0.717, 1.165) is 12.7 Å². The Bertz CT molecular complexity index is 792. The molecule has 0 spiro atoms. The van der Waals surface area contributed by atoms with Crippen LogP contribution in [0.25, 0.3) is 0 Å². The van der Waals surface area contributed by atoms with Crippen LogP contribution in [-0.4, -0.2) is 18.0 Å². The highest BCUT2D eigenvalue weighted by atomic mass is 19.3. The highest BCUT2D eigenvalue weighted by Crippen LogP contribution is 2.28. The van der Waals surface area contributed by atoms with Gasteiger partial charge in [-0.1, -0.05) is 24.3 Å². The lowest BCUT2D eigenvalue weighted by Crippen LogP contribution is -2.09. The van der Waals surface area contributed by atoms with E-state index in [1.54, 1.807) is 12.1 Å². The number of anilines is 1. The minimum atomic E-state index is -2.53. The largest absolute Gasteiger partial charge is 0.465 e. The summed E-state index contributed by atoms with van der Waals surface area (Å²) in [5.41, 5.74) is 1.02. The van der Waals surface area contributed by atoms with Gasteiger partial charge in [0, 0.05) is 23.4 Å². The first-order valence-electron chi connectivity index (χ1n) is 7.31. The molecule has 2 aromatic carbocycles. The molecular formula is C17H16F2N2O4. The minimum absolute atomic E-state index is 0.0668. The summed E-state index contributed by atoms with van der Waals surface area (Å²) < 4.78 is 29.7. The second-order valence-corrected chi connectivity index (χ2v) is 5.33. The third-order valence-corrected chi connectivity index (χ3v) is 3.62. The molecule has 8 heteroatoms. The summed E-state index contributed by atoms with van der Waals surface area (Å²) in [4.78, 5) is 22.3. The maximum absolute atomic E-state index is 12.5. The molecule has 0 heterocycles. The number of carbonyl (C=O) groups excluding carboxylic acids is 1. The third kappa shape index (κ3) is 4.28. The number of benzene rings is 2. The van der Waals surface area contributed by atoms with Crippen LogP contribution < -0.4 is 5.32 Å². The molecule has 0 aromatic heterocycles. The van der Waals surface area contributed by atoms with Gasteiger partial charge in [0.05, 0.1) is 12.0 Å². The van der Waals surface area contributed by atoms with Gasteiger partial charge in [-0.25, -0.2) is 13.6 Å². The topological polar surface area (TPSA) is 81.5 Å². The van der Waals surface area contributed by atoms with E-state index < -0.39 is 17.3 Å². The maximum Gasteiger partial charge on any atom is 0.344 e. The molecule has 0 aliphatic heterocycles. The van der Waals surface area contributed by atoms with Crippen molar-refractivity contribution in [3.63, 3.8) is 0 Å². The summed E-state index contributed by atoms with van der Waals surface area (Å²) in [6.07, 6.45) is -2.53. The van der Waals surface area contributed by atoms with Gasteiger partial charge in [0.2, 0.25) is 0 Å². The molecule has 132 valence electrons. The van der Waals surface area contributed by atoms with Crippen molar-refractivity contribution in [1.82, 2.24) is 0 Å². The van der Waals surface area contributed by atoms with Crippen molar-refractivity contribution in [2.45, 2.75) is 19.9 Å². The van der Waals surface area contributed by atoms with E-state index in [4.69, 9.17) is 0 Å². The number of ether oxygens (including phenoxy) is 1. The number of nitrogens with zero attached hydrogens (tertiary/aromatic N) is 1. The maximum atomic E-state index is 12.5. The number of halogens is 2. The van der Waals surface area contributed by atoms with E-state index >= 15 is 0 Å². The zero-order valence-electron chi connectivity index (χ0n) is 13.6. The van der Waals surface area contributed by atoms with Crippen LogP contribution in [-0.2, 0) is 11.3 Å². The van der Waals surface area contributed by atoms with Gasteiger partial charge in [0.25, 0.3) is 12.1 Å². The fraction of sp³-hybridized carbons (Fsp3) is 0.235. The lowest BCUT2D eigenvalue weighted by Gasteiger charge is -2.11. The molecule has 0 saturated heterocycles. The van der Waals surface area contributed by atoms with Gasteiger partial charge in [0.15, 0.2) is 0 Å². The fourth-order valence-corrected chi connectivity index (χ4v) is 2.37. The lowest BCUT2D eigenvalue weighted by atomic mass is 10.1. The Morgan fingerprint density at radius 3 is 2.44 bits per heavy atom. The molecule has 0 amide bonds. The standard InChI is InChI=1S/C17H16F2N2O4/c1-10-7-13(8-14(17(22)25-2)15(10)21(23)24)20-9-11-3-5-12(6-4-11)16(18)19/h3-8,16,20H,9H2,1-2H3.